The van der Waals surface area contributed by atoms with Gasteiger partial charge < -0.3 is 5.73 Å². The summed E-state index contributed by atoms with van der Waals surface area (Å²) in [4.78, 5) is 10.7. The van der Waals surface area contributed by atoms with E-state index >= 15 is 0 Å². The molecule has 0 saturated carbocycles. The monoisotopic (exact) mass is 213 g/mol. The molecule has 0 radical (unpaired) electrons. The molecule has 0 heterocycles. The predicted octanol–water partition coefficient (Wildman–Crippen LogP) is 2.65. The molecule has 0 aliphatic carbocycles. The van der Waals surface area contributed by atoms with Gasteiger partial charge in [0.25, 0.3) is 0 Å². The standard InChI is InChI=1S/C14H15NO/c15-14(16)10-4-8-12-7-3-6-11-5-1-2-9-13(11)12/h1-3,5-7,9H,4,8,10H2,(H2,15,16). The van der Waals surface area contributed by atoms with E-state index in [2.05, 4.69) is 30.3 Å². The third-order valence-corrected chi connectivity index (χ3v) is 2.75. The zero-order valence-electron chi connectivity index (χ0n) is 9.15. The number of primary amides is 1. The Kier molecular flexibility index (Phi) is 3.20. The highest BCUT2D eigenvalue weighted by molar-refractivity contribution is 5.85. The van der Waals surface area contributed by atoms with Gasteiger partial charge in [-0.1, -0.05) is 42.5 Å². The second-order valence-electron chi connectivity index (χ2n) is 3.96. The number of benzene rings is 2. The number of aryl methyl sites for hydroxylation is 1. The van der Waals surface area contributed by atoms with Crippen LogP contribution in [0.4, 0.5) is 0 Å². The normalized spacial score (nSPS) is 10.5. The number of hydrogen-bond acceptors (Lipinski definition) is 1. The maximum absolute atomic E-state index is 10.7. The number of rotatable bonds is 4. The van der Waals surface area contributed by atoms with Crippen molar-refractivity contribution in [2.45, 2.75) is 19.3 Å². The van der Waals surface area contributed by atoms with Gasteiger partial charge in [-0.15, -0.1) is 0 Å². The fourth-order valence-corrected chi connectivity index (χ4v) is 1.96. The fraction of sp³-hybridized carbons (Fsp3) is 0.214. The summed E-state index contributed by atoms with van der Waals surface area (Å²) in [6, 6.07) is 14.6. The predicted molar refractivity (Wildman–Crippen MR) is 66.1 cm³/mol. The van der Waals surface area contributed by atoms with Gasteiger partial charge in [0.05, 0.1) is 0 Å². The molecule has 82 valence electrons. The molecule has 2 nitrogen and oxygen atoms in total. The zero-order valence-corrected chi connectivity index (χ0v) is 9.15. The van der Waals surface area contributed by atoms with Crippen molar-refractivity contribution in [1.82, 2.24) is 0 Å². The number of carbonyl (C=O) groups excluding carboxylic acids is 1. The van der Waals surface area contributed by atoms with E-state index in [1.54, 1.807) is 0 Å². The summed E-state index contributed by atoms with van der Waals surface area (Å²) in [5, 5.41) is 2.52. The molecule has 0 bridgehead atoms. The zero-order chi connectivity index (χ0) is 11.4. The number of hydrogen-bond donors (Lipinski definition) is 1. The van der Waals surface area contributed by atoms with E-state index in [1.165, 1.54) is 16.3 Å². The van der Waals surface area contributed by atoms with Gasteiger partial charge in [0.2, 0.25) is 5.91 Å². The Morgan fingerprint density at radius 3 is 2.62 bits per heavy atom. The van der Waals surface area contributed by atoms with Crippen molar-refractivity contribution < 1.29 is 4.79 Å². The molecule has 2 heteroatoms. The van der Waals surface area contributed by atoms with Crippen molar-refractivity contribution in [2.24, 2.45) is 5.73 Å². The van der Waals surface area contributed by atoms with Gasteiger partial charge in [-0.25, -0.2) is 0 Å². The van der Waals surface area contributed by atoms with Crippen molar-refractivity contribution in [2.75, 3.05) is 0 Å². The Balaban J connectivity index is 2.20. The summed E-state index contributed by atoms with van der Waals surface area (Å²) in [6.07, 6.45) is 2.19. The molecular formula is C14H15NO. The summed E-state index contributed by atoms with van der Waals surface area (Å²) >= 11 is 0. The van der Waals surface area contributed by atoms with Crippen molar-refractivity contribution in [3.63, 3.8) is 0 Å². The Morgan fingerprint density at radius 2 is 1.81 bits per heavy atom. The molecule has 1 amide bonds. The molecule has 0 spiro atoms. The first kappa shape index (κ1) is 10.7. The van der Waals surface area contributed by atoms with Crippen molar-refractivity contribution >= 4 is 16.7 Å². The van der Waals surface area contributed by atoms with E-state index < -0.39 is 0 Å². The molecule has 16 heavy (non-hydrogen) atoms. The average molecular weight is 213 g/mol. The van der Waals surface area contributed by atoms with Crippen molar-refractivity contribution in [3.05, 3.63) is 48.0 Å². The van der Waals surface area contributed by atoms with Crippen LogP contribution in [0.25, 0.3) is 10.8 Å². The van der Waals surface area contributed by atoms with Crippen LogP contribution in [-0.4, -0.2) is 5.91 Å². The Bertz CT molecular complexity index is 500. The minimum absolute atomic E-state index is 0.222. The minimum Gasteiger partial charge on any atom is -0.370 e. The van der Waals surface area contributed by atoms with Crippen LogP contribution in [0.2, 0.25) is 0 Å². The molecule has 0 fully saturated rings. The SMILES string of the molecule is NC(=O)CCCc1cccc2ccccc12. The van der Waals surface area contributed by atoms with Crippen LogP contribution in [-0.2, 0) is 11.2 Å². The molecule has 2 aromatic rings. The summed E-state index contributed by atoms with van der Waals surface area (Å²) < 4.78 is 0. The fourth-order valence-electron chi connectivity index (χ4n) is 1.96. The number of fused-ring (bicyclic) bond motifs is 1. The van der Waals surface area contributed by atoms with Gasteiger partial charge in [-0.05, 0) is 29.2 Å². The van der Waals surface area contributed by atoms with Crippen LogP contribution in [0.15, 0.2) is 42.5 Å². The highest BCUT2D eigenvalue weighted by Crippen LogP contribution is 2.19. The van der Waals surface area contributed by atoms with Gasteiger partial charge in [-0.3, -0.25) is 4.79 Å². The topological polar surface area (TPSA) is 43.1 Å². The molecule has 0 aliphatic rings. The van der Waals surface area contributed by atoms with Gasteiger partial charge in [0.15, 0.2) is 0 Å². The third kappa shape index (κ3) is 2.40. The van der Waals surface area contributed by atoms with E-state index in [4.69, 9.17) is 5.73 Å². The highest BCUT2D eigenvalue weighted by Gasteiger charge is 2.01. The second-order valence-corrected chi connectivity index (χ2v) is 3.96. The lowest BCUT2D eigenvalue weighted by Crippen LogP contribution is -2.10. The maximum Gasteiger partial charge on any atom is 0.217 e. The van der Waals surface area contributed by atoms with Crippen LogP contribution < -0.4 is 5.73 Å². The number of amides is 1. The molecule has 0 aliphatic heterocycles. The van der Waals surface area contributed by atoms with Crippen LogP contribution in [0.5, 0.6) is 0 Å². The summed E-state index contributed by atoms with van der Waals surface area (Å²) in [5.41, 5.74) is 6.42. The highest BCUT2D eigenvalue weighted by atomic mass is 16.1. The summed E-state index contributed by atoms with van der Waals surface area (Å²) in [7, 11) is 0. The summed E-state index contributed by atoms with van der Waals surface area (Å²) in [5.74, 6) is -0.222. The smallest absolute Gasteiger partial charge is 0.217 e. The lowest BCUT2D eigenvalue weighted by Gasteiger charge is -2.05. The lowest BCUT2D eigenvalue weighted by atomic mass is 10.0. The Hall–Kier alpha value is -1.83. The molecule has 0 saturated heterocycles. The molecule has 0 atom stereocenters. The Labute approximate surface area is 95.1 Å². The quantitative estimate of drug-likeness (QED) is 0.833. The number of nitrogens with two attached hydrogens (primary N) is 1. The van der Waals surface area contributed by atoms with Gasteiger partial charge in [0, 0.05) is 6.42 Å². The average Bonchev–Trinajstić information content (AvgIpc) is 2.29. The van der Waals surface area contributed by atoms with Crippen LogP contribution in [0, 0.1) is 0 Å². The largest absolute Gasteiger partial charge is 0.370 e. The first-order valence-electron chi connectivity index (χ1n) is 5.52. The maximum atomic E-state index is 10.7. The second kappa shape index (κ2) is 4.79. The van der Waals surface area contributed by atoms with Gasteiger partial charge in [-0.2, -0.15) is 0 Å². The minimum atomic E-state index is -0.222. The summed E-state index contributed by atoms with van der Waals surface area (Å²) in [6.45, 7) is 0. The van der Waals surface area contributed by atoms with Crippen LogP contribution >= 0.6 is 0 Å². The number of carbonyl (C=O) groups is 1. The van der Waals surface area contributed by atoms with E-state index in [0.29, 0.717) is 6.42 Å². The Morgan fingerprint density at radius 1 is 1.06 bits per heavy atom. The molecular weight excluding hydrogens is 198 g/mol. The van der Waals surface area contributed by atoms with Gasteiger partial charge >= 0.3 is 0 Å². The van der Waals surface area contributed by atoms with Crippen molar-refractivity contribution in [3.8, 4) is 0 Å². The first-order chi connectivity index (χ1) is 7.77. The van der Waals surface area contributed by atoms with E-state index in [-0.39, 0.29) is 5.91 Å². The third-order valence-electron chi connectivity index (χ3n) is 2.75. The molecule has 0 aromatic heterocycles. The van der Waals surface area contributed by atoms with Crippen LogP contribution in [0.1, 0.15) is 18.4 Å². The van der Waals surface area contributed by atoms with E-state index in [0.717, 1.165) is 12.8 Å². The van der Waals surface area contributed by atoms with E-state index in [1.807, 2.05) is 12.1 Å². The lowest BCUT2D eigenvalue weighted by molar-refractivity contribution is -0.118. The van der Waals surface area contributed by atoms with Gasteiger partial charge in [0.1, 0.15) is 0 Å². The first-order valence-corrected chi connectivity index (χ1v) is 5.52. The molecule has 2 N–H and O–H groups in total. The van der Waals surface area contributed by atoms with Crippen LogP contribution in [0.3, 0.4) is 0 Å². The van der Waals surface area contributed by atoms with E-state index in [9.17, 15) is 4.79 Å². The van der Waals surface area contributed by atoms with Crippen molar-refractivity contribution in [1.29, 1.82) is 0 Å². The molecule has 2 aromatic carbocycles. The molecule has 2 rings (SSSR count). The molecule has 0 unspecified atom stereocenters.